The molecule has 0 spiro atoms. The van der Waals surface area contributed by atoms with E-state index in [4.69, 9.17) is 9.72 Å². The predicted molar refractivity (Wildman–Crippen MR) is 311 cm³/mol. The highest BCUT2D eigenvalue weighted by Gasteiger charge is 2.43. The second kappa shape index (κ2) is 24.4. The number of nitrogens with one attached hydrogen (secondary N) is 5. The quantitative estimate of drug-likeness (QED) is 0.0612. The second-order valence-electron chi connectivity index (χ2n) is 21.9. The summed E-state index contributed by atoms with van der Waals surface area (Å²) in [5.41, 5.74) is 3.10. The van der Waals surface area contributed by atoms with Gasteiger partial charge in [0, 0.05) is 82.2 Å². The number of hydrogen-bond acceptors (Lipinski definition) is 17. The average Bonchev–Trinajstić information content (AvgIpc) is 3.26. The van der Waals surface area contributed by atoms with Gasteiger partial charge in [-0.25, -0.2) is 23.7 Å². The monoisotopic (exact) mass is 1210 g/mol. The van der Waals surface area contributed by atoms with Crippen molar-refractivity contribution in [2.24, 2.45) is 5.41 Å². The van der Waals surface area contributed by atoms with E-state index in [0.717, 1.165) is 56.0 Å². The molecule has 6 aromatic rings. The summed E-state index contributed by atoms with van der Waals surface area (Å²) in [5.74, 6) is -3.61. The maximum Gasteiger partial charge on any atom is 0.274 e. The number of aryl methyl sites for hydroxylation is 1. The van der Waals surface area contributed by atoms with Crippen LogP contribution in [0.1, 0.15) is 74.0 Å². The summed E-state index contributed by atoms with van der Waals surface area (Å²) in [6.45, 7) is 16.3. The van der Waals surface area contributed by atoms with Gasteiger partial charge in [-0.05, 0) is 96.8 Å². The lowest BCUT2D eigenvalue weighted by Gasteiger charge is -2.48. The molecule has 0 aliphatic carbocycles. The number of methoxy groups -OCH3 is 1. The molecule has 3 saturated heterocycles. The largest absolute Gasteiger partial charge is 0.494 e. The minimum atomic E-state index is -2.82. The molecule has 9 rings (SSSR count). The standard InChI is InChI=1S/C56H65BrF2N15O7P/c1-9-32-24-39(67-55-64-26-34(57)49(70-55)66-38-16-15-37-46(61-18-17-60-37)47(38)82(7,8)80)44(81-6)25-43(32)72-22-20-71(21-23-72)33-29-73(30-33)53(78)41-28-62-40(27-63-41)51(76)65-31(2)50(75)69-48(56(3,4)5)54(79)74-19-11-14-42(74)52(77)68-45-35(58)12-10-13-36(45)59/h10,12-13,15-18,24-28,31,33,42,48H,9,11,14,19-23,29-30H2,1-8H3,(H,65,76)(H,68,77)(H,69,75)(H2,64,66,67,70)/t31-,42-,48+/m0/s1. The Labute approximate surface area is 481 Å². The fourth-order valence-electron chi connectivity index (χ4n) is 10.3. The first-order valence-corrected chi connectivity index (χ1v) is 30.3. The third-order valence-electron chi connectivity index (χ3n) is 14.8. The minimum Gasteiger partial charge on any atom is -0.494 e. The summed E-state index contributed by atoms with van der Waals surface area (Å²) in [7, 11) is -1.21. The molecule has 3 aromatic heterocycles. The number of carbonyl (C=O) groups excluding carboxylic acids is 5. The van der Waals surface area contributed by atoms with Crippen molar-refractivity contribution in [2.45, 2.75) is 78.0 Å². The number of halogens is 3. The third-order valence-corrected chi connectivity index (χ3v) is 16.9. The van der Waals surface area contributed by atoms with Gasteiger partial charge in [0.2, 0.25) is 23.7 Å². The molecule has 6 heterocycles. The first kappa shape index (κ1) is 58.9. The van der Waals surface area contributed by atoms with E-state index in [0.29, 0.717) is 69.2 Å². The number of piperazine rings is 1. The van der Waals surface area contributed by atoms with E-state index >= 15 is 0 Å². The van der Waals surface area contributed by atoms with Gasteiger partial charge in [-0.15, -0.1) is 0 Å². The Hall–Kier alpha value is -7.76. The minimum absolute atomic E-state index is 0.0595. The number of fused-ring (bicyclic) bond motifs is 1. The molecule has 0 saturated carbocycles. The zero-order chi connectivity index (χ0) is 58.8. The Balaban J connectivity index is 0.755. The van der Waals surface area contributed by atoms with Crippen LogP contribution in [0.15, 0.2) is 77.9 Å². The number of para-hydroxylation sites is 1. The lowest BCUT2D eigenvalue weighted by molar-refractivity contribution is -0.143. The Morgan fingerprint density at radius 3 is 2.21 bits per heavy atom. The molecule has 22 nitrogen and oxygen atoms in total. The van der Waals surface area contributed by atoms with Crippen LogP contribution in [-0.4, -0.2) is 165 Å². The van der Waals surface area contributed by atoms with E-state index in [1.165, 1.54) is 30.3 Å². The Morgan fingerprint density at radius 1 is 0.854 bits per heavy atom. The van der Waals surface area contributed by atoms with Crippen LogP contribution in [0.5, 0.6) is 5.75 Å². The molecular formula is C56H65BrF2N15O7P. The van der Waals surface area contributed by atoms with Gasteiger partial charge in [0.1, 0.15) is 71.1 Å². The van der Waals surface area contributed by atoms with Crippen LogP contribution in [0.4, 0.5) is 43.3 Å². The molecule has 26 heteroatoms. The molecule has 3 atom stereocenters. The number of nitrogens with zero attached hydrogens (tertiary/aromatic N) is 10. The predicted octanol–water partition coefficient (Wildman–Crippen LogP) is 6.48. The van der Waals surface area contributed by atoms with Crippen molar-refractivity contribution in [3.63, 3.8) is 0 Å². The van der Waals surface area contributed by atoms with E-state index in [1.54, 1.807) is 64.7 Å². The van der Waals surface area contributed by atoms with Gasteiger partial charge in [-0.2, -0.15) is 4.98 Å². The third kappa shape index (κ3) is 12.8. The fraction of sp³-hybridized carbons (Fsp3) is 0.411. The van der Waals surface area contributed by atoms with Crippen molar-refractivity contribution >= 4 is 103 Å². The van der Waals surface area contributed by atoms with Crippen molar-refractivity contribution in [3.8, 4) is 5.75 Å². The molecule has 0 bridgehead atoms. The van der Waals surface area contributed by atoms with E-state index in [-0.39, 0.29) is 36.3 Å². The van der Waals surface area contributed by atoms with Crippen LogP contribution in [0, 0.1) is 17.0 Å². The summed E-state index contributed by atoms with van der Waals surface area (Å²) in [6, 6.07) is 7.74. The molecule has 0 unspecified atom stereocenters. The number of ether oxygens (including phenoxy) is 1. The molecular weight excluding hydrogens is 1140 g/mol. The van der Waals surface area contributed by atoms with E-state index < -0.39 is 71.6 Å². The first-order valence-electron chi connectivity index (χ1n) is 26.9. The lowest BCUT2D eigenvalue weighted by Crippen LogP contribution is -2.64. The fourth-order valence-corrected chi connectivity index (χ4v) is 12.0. The van der Waals surface area contributed by atoms with E-state index in [2.05, 4.69) is 90.2 Å². The van der Waals surface area contributed by atoms with Gasteiger partial charge in [0.25, 0.3) is 11.8 Å². The van der Waals surface area contributed by atoms with Crippen molar-refractivity contribution in [1.29, 1.82) is 0 Å². The number of likely N-dealkylation sites (tertiary alicyclic amines) is 2. The Bertz CT molecular complexity index is 3460. The zero-order valence-electron chi connectivity index (χ0n) is 46.7. The number of amides is 5. The van der Waals surface area contributed by atoms with Crippen molar-refractivity contribution in [2.75, 3.05) is 87.1 Å². The molecule has 432 valence electrons. The van der Waals surface area contributed by atoms with Crippen LogP contribution < -0.4 is 41.5 Å². The topological polar surface area (TPSA) is 262 Å². The summed E-state index contributed by atoms with van der Waals surface area (Å²) in [4.78, 5) is 102. The number of carbonyl (C=O) groups is 5. The molecule has 0 radical (unpaired) electrons. The molecule has 3 fully saturated rings. The highest BCUT2D eigenvalue weighted by atomic mass is 79.9. The Morgan fingerprint density at radius 2 is 1.55 bits per heavy atom. The maximum atomic E-state index is 14.3. The molecule has 5 amide bonds. The SMILES string of the molecule is CCc1cc(Nc2ncc(Br)c(Nc3ccc4nccnc4c3P(C)(C)=O)n2)c(OC)cc1N1CCN(C2CN(C(=O)c3cnc(C(=O)N[C@@H](C)C(=O)N[C@H](C(=O)N4CCC[C@H]4C(=O)Nc4c(F)cccc4F)C(C)(C)C)cn3)C2)CC1. The van der Waals surface area contributed by atoms with Crippen LogP contribution in [0.25, 0.3) is 11.0 Å². The van der Waals surface area contributed by atoms with Crippen LogP contribution in [-0.2, 0) is 25.4 Å². The van der Waals surface area contributed by atoms with Gasteiger partial charge in [-0.3, -0.25) is 38.8 Å². The zero-order valence-corrected chi connectivity index (χ0v) is 49.2. The summed E-state index contributed by atoms with van der Waals surface area (Å²) in [6.07, 6.45) is 8.65. The van der Waals surface area contributed by atoms with Gasteiger partial charge in [-0.1, -0.05) is 33.8 Å². The van der Waals surface area contributed by atoms with Crippen LogP contribution >= 0.6 is 23.1 Å². The first-order chi connectivity index (χ1) is 39.0. The van der Waals surface area contributed by atoms with Crippen molar-refractivity contribution in [3.05, 3.63) is 107 Å². The van der Waals surface area contributed by atoms with Crippen molar-refractivity contribution < 1.29 is 42.1 Å². The molecule has 3 aromatic carbocycles. The number of benzene rings is 3. The maximum absolute atomic E-state index is 14.3. The summed E-state index contributed by atoms with van der Waals surface area (Å²) < 4.78 is 48.8. The molecule has 3 aliphatic heterocycles. The molecule has 82 heavy (non-hydrogen) atoms. The van der Waals surface area contributed by atoms with Crippen LogP contribution in [0.2, 0.25) is 0 Å². The van der Waals surface area contributed by atoms with Gasteiger partial charge < -0.3 is 50.6 Å². The number of hydrogen-bond donors (Lipinski definition) is 5. The van der Waals surface area contributed by atoms with E-state index in [9.17, 15) is 37.3 Å². The normalized spacial score (nSPS) is 16.7. The van der Waals surface area contributed by atoms with E-state index in [1.807, 2.05) is 18.2 Å². The number of aromatic nitrogens is 6. The number of rotatable bonds is 17. The summed E-state index contributed by atoms with van der Waals surface area (Å²) >= 11 is 3.57. The van der Waals surface area contributed by atoms with Gasteiger partial charge in [0.15, 0.2) is 0 Å². The second-order valence-corrected chi connectivity index (χ2v) is 25.9. The smallest absolute Gasteiger partial charge is 0.274 e. The highest BCUT2D eigenvalue weighted by molar-refractivity contribution is 9.10. The van der Waals surface area contributed by atoms with Gasteiger partial charge in [0.05, 0.1) is 46.2 Å². The Kier molecular flexibility index (Phi) is 17.5. The summed E-state index contributed by atoms with van der Waals surface area (Å²) in [5, 5.41) is 14.8. The number of anilines is 6. The van der Waals surface area contributed by atoms with Gasteiger partial charge >= 0.3 is 0 Å². The van der Waals surface area contributed by atoms with Crippen LogP contribution in [0.3, 0.4) is 0 Å². The average molecular weight is 1210 g/mol. The lowest BCUT2D eigenvalue weighted by atomic mass is 9.85. The van der Waals surface area contributed by atoms with Crippen molar-refractivity contribution in [1.82, 2.24) is 55.2 Å². The molecule has 3 aliphatic rings. The highest BCUT2D eigenvalue weighted by Crippen LogP contribution is 2.42. The molecule has 5 N–H and O–H groups in total.